The molecule has 0 bridgehead atoms. The Morgan fingerprint density at radius 2 is 1.91 bits per heavy atom. The summed E-state index contributed by atoms with van der Waals surface area (Å²) in [6, 6.07) is 6.95. The zero-order chi connectivity index (χ0) is 15.7. The van der Waals surface area contributed by atoms with Gasteiger partial charge in [-0.15, -0.1) is 0 Å². The molecule has 0 aliphatic carbocycles. The minimum Gasteiger partial charge on any atom is -0.478 e. The number of nitrogens with one attached hydrogen (secondary N) is 3. The van der Waals surface area contributed by atoms with Crippen LogP contribution in [0.5, 0.6) is 0 Å². The molecule has 0 aliphatic rings. The first-order chi connectivity index (χ1) is 10.5. The van der Waals surface area contributed by atoms with E-state index in [2.05, 4.69) is 19.9 Å². The average molecular weight is 298 g/mol. The minimum atomic E-state index is -1.07. The van der Waals surface area contributed by atoms with Crippen LogP contribution in [0, 0.1) is 0 Å². The molecule has 0 amide bonds. The third kappa shape index (κ3) is 2.44. The van der Waals surface area contributed by atoms with Crippen LogP contribution in [0.3, 0.4) is 0 Å². The first-order valence-corrected chi connectivity index (χ1v) is 6.27. The second-order valence-electron chi connectivity index (χ2n) is 4.48. The Kier molecular flexibility index (Phi) is 3.18. The fraction of sp³-hybridized carbons (Fsp3) is 0. The Hall–Kier alpha value is -3.42. The Balaban J connectivity index is 2.20. The Labute approximate surface area is 122 Å². The summed E-state index contributed by atoms with van der Waals surface area (Å²) in [7, 11) is 0. The maximum absolute atomic E-state index is 11.7. The summed E-state index contributed by atoms with van der Waals surface area (Å²) in [6.07, 6.45) is 2.44. The van der Waals surface area contributed by atoms with Gasteiger partial charge in [-0.3, -0.25) is 14.8 Å². The van der Waals surface area contributed by atoms with Crippen molar-refractivity contribution in [3.8, 4) is 11.4 Å². The SMILES string of the molecule is O=C(O)C=Cc1ccccc1-c1nc2c(=O)[nH]c(=O)[nH]c2[nH]1. The lowest BCUT2D eigenvalue weighted by atomic mass is 10.1. The van der Waals surface area contributed by atoms with Gasteiger partial charge in [0.1, 0.15) is 11.5 Å². The molecule has 0 radical (unpaired) electrons. The smallest absolute Gasteiger partial charge is 0.328 e. The van der Waals surface area contributed by atoms with Gasteiger partial charge >= 0.3 is 11.7 Å². The van der Waals surface area contributed by atoms with Gasteiger partial charge in [-0.05, 0) is 11.6 Å². The number of carboxylic acids is 1. The normalized spacial score (nSPS) is 11.3. The number of imidazole rings is 1. The maximum Gasteiger partial charge on any atom is 0.328 e. The molecule has 0 atom stereocenters. The molecule has 2 aromatic heterocycles. The van der Waals surface area contributed by atoms with Crippen LogP contribution in [0.2, 0.25) is 0 Å². The Morgan fingerprint density at radius 3 is 2.68 bits per heavy atom. The second kappa shape index (κ2) is 5.17. The van der Waals surface area contributed by atoms with Gasteiger partial charge in [0.2, 0.25) is 0 Å². The fourth-order valence-electron chi connectivity index (χ4n) is 2.08. The predicted octanol–water partition coefficient (Wildman–Crippen LogP) is 0.704. The van der Waals surface area contributed by atoms with Gasteiger partial charge in [-0.1, -0.05) is 24.3 Å². The van der Waals surface area contributed by atoms with Crippen molar-refractivity contribution in [1.29, 1.82) is 0 Å². The lowest BCUT2D eigenvalue weighted by Crippen LogP contribution is -2.21. The summed E-state index contributed by atoms with van der Waals surface area (Å²) < 4.78 is 0. The monoisotopic (exact) mass is 298 g/mol. The average Bonchev–Trinajstić information content (AvgIpc) is 2.89. The molecule has 110 valence electrons. The number of carbonyl (C=O) groups is 1. The van der Waals surface area contributed by atoms with Gasteiger partial charge in [-0.25, -0.2) is 14.6 Å². The van der Waals surface area contributed by atoms with E-state index in [4.69, 9.17) is 5.11 Å². The van der Waals surface area contributed by atoms with Crippen molar-refractivity contribution in [3.63, 3.8) is 0 Å². The maximum atomic E-state index is 11.7. The zero-order valence-corrected chi connectivity index (χ0v) is 11.1. The topological polar surface area (TPSA) is 132 Å². The molecule has 0 fully saturated rings. The van der Waals surface area contributed by atoms with E-state index in [0.717, 1.165) is 6.08 Å². The zero-order valence-electron chi connectivity index (χ0n) is 11.1. The number of fused-ring (bicyclic) bond motifs is 1. The number of nitrogens with zero attached hydrogens (tertiary/aromatic N) is 1. The van der Waals surface area contributed by atoms with Gasteiger partial charge in [-0.2, -0.15) is 0 Å². The van der Waals surface area contributed by atoms with Crippen molar-refractivity contribution in [2.45, 2.75) is 0 Å². The largest absolute Gasteiger partial charge is 0.478 e. The summed E-state index contributed by atoms with van der Waals surface area (Å²) in [5, 5.41) is 8.72. The summed E-state index contributed by atoms with van der Waals surface area (Å²) in [4.78, 5) is 45.2. The van der Waals surface area contributed by atoms with Crippen molar-refractivity contribution in [2.24, 2.45) is 0 Å². The standard InChI is InChI=1S/C14H10N4O4/c19-9(20)6-5-7-3-1-2-4-8(7)11-15-10-12(16-11)17-14(22)18-13(10)21/h1-6H,(H,19,20)(H3,15,16,17,18,21,22). The molecule has 0 saturated carbocycles. The molecule has 2 heterocycles. The van der Waals surface area contributed by atoms with Crippen molar-refractivity contribution >= 4 is 23.2 Å². The molecule has 8 nitrogen and oxygen atoms in total. The summed E-state index contributed by atoms with van der Waals surface area (Å²) in [5.74, 6) is -0.715. The van der Waals surface area contributed by atoms with Crippen molar-refractivity contribution < 1.29 is 9.90 Å². The van der Waals surface area contributed by atoms with E-state index in [1.54, 1.807) is 24.3 Å². The molecular weight excluding hydrogens is 288 g/mol. The number of hydrogen-bond donors (Lipinski definition) is 4. The first kappa shape index (κ1) is 13.6. The highest BCUT2D eigenvalue weighted by molar-refractivity contribution is 5.87. The van der Waals surface area contributed by atoms with E-state index in [9.17, 15) is 14.4 Å². The van der Waals surface area contributed by atoms with E-state index in [-0.39, 0.29) is 11.2 Å². The van der Waals surface area contributed by atoms with Gasteiger partial charge < -0.3 is 10.1 Å². The highest BCUT2D eigenvalue weighted by atomic mass is 16.4. The summed E-state index contributed by atoms with van der Waals surface area (Å²) >= 11 is 0. The Bertz CT molecular complexity index is 1010. The minimum absolute atomic E-state index is 0.0756. The first-order valence-electron chi connectivity index (χ1n) is 6.27. The third-order valence-corrected chi connectivity index (χ3v) is 3.01. The second-order valence-corrected chi connectivity index (χ2v) is 4.48. The van der Waals surface area contributed by atoms with Crippen LogP contribution in [0.25, 0.3) is 28.6 Å². The quantitative estimate of drug-likeness (QED) is 0.528. The molecule has 0 spiro atoms. The summed E-state index contributed by atoms with van der Waals surface area (Å²) in [6.45, 7) is 0. The van der Waals surface area contributed by atoms with Crippen LogP contribution in [-0.2, 0) is 4.79 Å². The molecule has 22 heavy (non-hydrogen) atoms. The highest BCUT2D eigenvalue weighted by Crippen LogP contribution is 2.23. The number of benzene rings is 1. The molecule has 0 saturated heterocycles. The Morgan fingerprint density at radius 1 is 1.14 bits per heavy atom. The van der Waals surface area contributed by atoms with Crippen LogP contribution < -0.4 is 11.2 Å². The third-order valence-electron chi connectivity index (χ3n) is 3.01. The number of aromatic nitrogens is 4. The molecule has 8 heteroatoms. The van der Waals surface area contributed by atoms with E-state index < -0.39 is 17.2 Å². The number of H-pyrrole nitrogens is 3. The van der Waals surface area contributed by atoms with Crippen LogP contribution in [0.1, 0.15) is 5.56 Å². The van der Waals surface area contributed by atoms with Gasteiger partial charge in [0.25, 0.3) is 5.56 Å². The predicted molar refractivity (Wildman–Crippen MR) is 79.4 cm³/mol. The molecule has 1 aromatic carbocycles. The number of hydrogen-bond acceptors (Lipinski definition) is 4. The number of aromatic amines is 3. The molecule has 0 unspecified atom stereocenters. The molecular formula is C14H10N4O4. The van der Waals surface area contributed by atoms with Crippen molar-refractivity contribution in [1.82, 2.24) is 19.9 Å². The lowest BCUT2D eigenvalue weighted by molar-refractivity contribution is -0.131. The van der Waals surface area contributed by atoms with Gasteiger partial charge in [0.05, 0.1) is 0 Å². The van der Waals surface area contributed by atoms with Gasteiger partial charge in [0.15, 0.2) is 5.52 Å². The van der Waals surface area contributed by atoms with Crippen molar-refractivity contribution in [3.05, 3.63) is 56.7 Å². The molecule has 3 aromatic rings. The van der Waals surface area contributed by atoms with Crippen LogP contribution >= 0.6 is 0 Å². The molecule has 0 aliphatic heterocycles. The molecule has 3 rings (SSSR count). The van der Waals surface area contributed by atoms with E-state index in [1.807, 2.05) is 0 Å². The van der Waals surface area contributed by atoms with Crippen LogP contribution in [0.15, 0.2) is 39.9 Å². The fourth-order valence-corrected chi connectivity index (χ4v) is 2.08. The van der Waals surface area contributed by atoms with Gasteiger partial charge in [0, 0.05) is 11.6 Å². The molecule has 4 N–H and O–H groups in total. The number of aliphatic carboxylic acids is 1. The van der Waals surface area contributed by atoms with Crippen LogP contribution in [-0.4, -0.2) is 31.0 Å². The van der Waals surface area contributed by atoms with Crippen LogP contribution in [0.4, 0.5) is 0 Å². The highest BCUT2D eigenvalue weighted by Gasteiger charge is 2.11. The lowest BCUT2D eigenvalue weighted by Gasteiger charge is -2.01. The van der Waals surface area contributed by atoms with E-state index >= 15 is 0 Å². The number of carboxylic acid groups (broad SMARTS) is 1. The van der Waals surface area contributed by atoms with E-state index in [1.165, 1.54) is 6.08 Å². The number of rotatable bonds is 3. The summed E-state index contributed by atoms with van der Waals surface area (Å²) in [5.41, 5.74) is 0.276. The van der Waals surface area contributed by atoms with Crippen molar-refractivity contribution in [2.75, 3.05) is 0 Å². The van der Waals surface area contributed by atoms with E-state index in [0.29, 0.717) is 17.0 Å².